The molecular weight excluding hydrogens is 404 g/mol. The molecule has 1 aromatic carbocycles. The maximum absolute atomic E-state index is 12.9. The zero-order valence-electron chi connectivity index (χ0n) is 17.9. The summed E-state index contributed by atoms with van der Waals surface area (Å²) < 4.78 is 3.09. The number of hydrogen-bond donors (Lipinski definition) is 2. The SMILES string of the molecule is Cn1cc(-c2cc(-c3cnc(N)c(C#N)n3)ccn2)n(-c2ccc(C(C)(C)N)cc2)c1=O. The Morgan fingerprint density at radius 1 is 1.09 bits per heavy atom. The number of hydrogen-bond acceptors (Lipinski definition) is 7. The van der Waals surface area contributed by atoms with E-state index in [0.717, 1.165) is 5.56 Å². The van der Waals surface area contributed by atoms with Gasteiger partial charge < -0.3 is 16.0 Å². The lowest BCUT2D eigenvalue weighted by molar-refractivity contribution is 0.554. The number of anilines is 1. The van der Waals surface area contributed by atoms with Crippen LogP contribution in [0.1, 0.15) is 25.1 Å². The molecule has 0 amide bonds. The summed E-state index contributed by atoms with van der Waals surface area (Å²) in [5, 5.41) is 9.19. The lowest BCUT2D eigenvalue weighted by atomic mass is 9.95. The number of rotatable bonds is 4. The highest BCUT2D eigenvalue weighted by molar-refractivity contribution is 5.68. The summed E-state index contributed by atoms with van der Waals surface area (Å²) in [6.45, 7) is 3.85. The second-order valence-corrected chi connectivity index (χ2v) is 8.04. The second kappa shape index (κ2) is 7.76. The Hall–Kier alpha value is -4.29. The van der Waals surface area contributed by atoms with Crippen molar-refractivity contribution in [2.45, 2.75) is 19.4 Å². The lowest BCUT2D eigenvalue weighted by Gasteiger charge is -2.19. The molecule has 0 radical (unpaired) electrons. The van der Waals surface area contributed by atoms with Crippen LogP contribution in [0.15, 0.2) is 59.8 Å². The summed E-state index contributed by atoms with van der Waals surface area (Å²) in [7, 11) is 1.69. The van der Waals surface area contributed by atoms with Crippen LogP contribution in [-0.2, 0) is 12.6 Å². The number of aromatic nitrogens is 5. The predicted octanol–water partition coefficient (Wildman–Crippen LogP) is 2.34. The molecule has 4 rings (SSSR count). The van der Waals surface area contributed by atoms with Gasteiger partial charge in [-0.25, -0.2) is 14.8 Å². The molecule has 32 heavy (non-hydrogen) atoms. The minimum Gasteiger partial charge on any atom is -0.381 e. The number of imidazole rings is 1. The zero-order chi connectivity index (χ0) is 23.0. The molecule has 0 aliphatic rings. The van der Waals surface area contributed by atoms with Crippen LogP contribution in [0.4, 0.5) is 5.82 Å². The highest BCUT2D eigenvalue weighted by Crippen LogP contribution is 2.26. The quantitative estimate of drug-likeness (QED) is 0.510. The van der Waals surface area contributed by atoms with Crippen LogP contribution in [0, 0.1) is 11.3 Å². The monoisotopic (exact) mass is 426 g/mol. The minimum atomic E-state index is -0.485. The van der Waals surface area contributed by atoms with Crippen molar-refractivity contribution in [3.05, 3.63) is 76.7 Å². The maximum atomic E-state index is 12.9. The van der Waals surface area contributed by atoms with Crippen molar-refractivity contribution < 1.29 is 0 Å². The molecule has 160 valence electrons. The fourth-order valence-corrected chi connectivity index (χ4v) is 3.38. The number of nitrogen functional groups attached to an aromatic ring is 1. The first-order valence-corrected chi connectivity index (χ1v) is 9.86. The first-order valence-electron chi connectivity index (χ1n) is 9.86. The van der Waals surface area contributed by atoms with Crippen molar-refractivity contribution in [1.29, 1.82) is 5.26 Å². The van der Waals surface area contributed by atoms with Gasteiger partial charge in [0.2, 0.25) is 0 Å². The minimum absolute atomic E-state index is 0.0559. The molecule has 0 aliphatic carbocycles. The van der Waals surface area contributed by atoms with Gasteiger partial charge in [-0.2, -0.15) is 5.26 Å². The Labute approximate surface area is 184 Å². The van der Waals surface area contributed by atoms with E-state index < -0.39 is 5.54 Å². The van der Waals surface area contributed by atoms with E-state index >= 15 is 0 Å². The number of benzene rings is 1. The first-order chi connectivity index (χ1) is 15.2. The van der Waals surface area contributed by atoms with Crippen LogP contribution >= 0.6 is 0 Å². The van der Waals surface area contributed by atoms with Gasteiger partial charge in [-0.15, -0.1) is 0 Å². The molecule has 4 N–H and O–H groups in total. The average molecular weight is 426 g/mol. The van der Waals surface area contributed by atoms with Gasteiger partial charge in [-0.05, 0) is 43.7 Å². The summed E-state index contributed by atoms with van der Waals surface area (Å²) >= 11 is 0. The largest absolute Gasteiger partial charge is 0.381 e. The Kier molecular flexibility index (Phi) is 5.08. The Morgan fingerprint density at radius 2 is 1.81 bits per heavy atom. The van der Waals surface area contributed by atoms with E-state index in [9.17, 15) is 10.1 Å². The summed E-state index contributed by atoms with van der Waals surface area (Å²) in [6, 6.07) is 13.0. The van der Waals surface area contributed by atoms with Gasteiger partial charge >= 0.3 is 5.69 Å². The third kappa shape index (κ3) is 3.75. The molecule has 0 fully saturated rings. The van der Waals surface area contributed by atoms with Crippen LogP contribution in [0.25, 0.3) is 28.3 Å². The molecule has 3 heterocycles. The number of nitriles is 1. The van der Waals surface area contributed by atoms with Crippen molar-refractivity contribution in [3.8, 4) is 34.4 Å². The highest BCUT2D eigenvalue weighted by atomic mass is 16.1. The van der Waals surface area contributed by atoms with E-state index in [4.69, 9.17) is 11.5 Å². The van der Waals surface area contributed by atoms with Crippen LogP contribution in [0.2, 0.25) is 0 Å². The van der Waals surface area contributed by atoms with E-state index in [-0.39, 0.29) is 17.2 Å². The second-order valence-electron chi connectivity index (χ2n) is 8.04. The molecule has 3 aromatic heterocycles. The molecular formula is C23H22N8O. The van der Waals surface area contributed by atoms with Gasteiger partial charge in [0.15, 0.2) is 11.5 Å². The molecule has 0 bridgehead atoms. The Morgan fingerprint density at radius 3 is 2.47 bits per heavy atom. The van der Waals surface area contributed by atoms with Crippen molar-refractivity contribution in [2.75, 3.05) is 5.73 Å². The summed E-state index contributed by atoms with van der Waals surface area (Å²) in [5.74, 6) is 0.0755. The average Bonchev–Trinajstić information content (AvgIpc) is 3.08. The normalized spacial score (nSPS) is 11.3. The molecule has 0 atom stereocenters. The topological polar surface area (TPSA) is 141 Å². The number of nitrogens with two attached hydrogens (primary N) is 2. The van der Waals surface area contributed by atoms with E-state index in [2.05, 4.69) is 15.0 Å². The molecule has 0 saturated heterocycles. The van der Waals surface area contributed by atoms with Gasteiger partial charge in [0.05, 0.1) is 29.0 Å². The van der Waals surface area contributed by atoms with E-state index in [1.807, 2.05) is 44.2 Å². The van der Waals surface area contributed by atoms with Crippen LogP contribution in [0.5, 0.6) is 0 Å². The van der Waals surface area contributed by atoms with Gasteiger partial charge in [0.25, 0.3) is 0 Å². The molecule has 9 nitrogen and oxygen atoms in total. The molecule has 0 unspecified atom stereocenters. The predicted molar refractivity (Wildman–Crippen MR) is 122 cm³/mol. The van der Waals surface area contributed by atoms with Crippen molar-refractivity contribution in [3.63, 3.8) is 0 Å². The fourth-order valence-electron chi connectivity index (χ4n) is 3.38. The Bertz CT molecular complexity index is 1400. The molecule has 0 spiro atoms. The van der Waals surface area contributed by atoms with Crippen molar-refractivity contribution in [1.82, 2.24) is 24.1 Å². The first kappa shape index (κ1) is 21.0. The third-order valence-electron chi connectivity index (χ3n) is 5.14. The molecule has 0 aliphatic heterocycles. The van der Waals surface area contributed by atoms with Gasteiger partial charge in [0.1, 0.15) is 6.07 Å². The van der Waals surface area contributed by atoms with E-state index in [0.29, 0.717) is 28.3 Å². The van der Waals surface area contributed by atoms with E-state index in [1.165, 1.54) is 10.8 Å². The van der Waals surface area contributed by atoms with Crippen LogP contribution in [0.3, 0.4) is 0 Å². The van der Waals surface area contributed by atoms with E-state index in [1.54, 1.807) is 36.1 Å². The third-order valence-corrected chi connectivity index (χ3v) is 5.14. The van der Waals surface area contributed by atoms with Crippen molar-refractivity contribution >= 4 is 5.82 Å². The molecule has 0 saturated carbocycles. The van der Waals surface area contributed by atoms with Crippen LogP contribution in [-0.4, -0.2) is 24.1 Å². The smallest absolute Gasteiger partial charge is 0.333 e. The highest BCUT2D eigenvalue weighted by Gasteiger charge is 2.18. The summed E-state index contributed by atoms with van der Waals surface area (Å²) in [6.07, 6.45) is 4.85. The number of aryl methyl sites for hydroxylation is 1. The van der Waals surface area contributed by atoms with Crippen LogP contribution < -0.4 is 17.2 Å². The van der Waals surface area contributed by atoms with Gasteiger partial charge in [-0.3, -0.25) is 9.55 Å². The lowest BCUT2D eigenvalue weighted by Crippen LogP contribution is -2.28. The molecule has 9 heteroatoms. The van der Waals surface area contributed by atoms with Gasteiger partial charge in [-0.1, -0.05) is 12.1 Å². The Balaban J connectivity index is 1.83. The zero-order valence-corrected chi connectivity index (χ0v) is 17.9. The standard InChI is InChI=1S/C23H22N8O/c1-23(2,26)15-4-6-16(7-5-15)31-20(13-30(3)22(31)32)17-10-14(8-9-27-17)19-12-28-21(25)18(11-24)29-19/h4-10,12-13H,26H2,1-3H3,(H2,25,28). The van der Waals surface area contributed by atoms with Crippen molar-refractivity contribution in [2.24, 2.45) is 12.8 Å². The summed E-state index contributed by atoms with van der Waals surface area (Å²) in [4.78, 5) is 25.7. The number of pyridine rings is 1. The number of nitrogens with zero attached hydrogens (tertiary/aromatic N) is 6. The maximum Gasteiger partial charge on any atom is 0.333 e. The van der Waals surface area contributed by atoms with Gasteiger partial charge in [0, 0.05) is 30.5 Å². The fraction of sp³-hybridized carbons (Fsp3) is 0.174. The molecule has 4 aromatic rings. The summed E-state index contributed by atoms with van der Waals surface area (Å²) in [5.41, 5.74) is 15.3.